The molecule has 1 aliphatic rings. The zero-order valence-electron chi connectivity index (χ0n) is 12.9. The van der Waals surface area contributed by atoms with E-state index in [4.69, 9.17) is 0 Å². The van der Waals surface area contributed by atoms with E-state index in [0.717, 1.165) is 12.5 Å². The molecule has 0 saturated carbocycles. The number of hydrogen-bond donors (Lipinski definition) is 0. The van der Waals surface area contributed by atoms with Crippen LogP contribution in [0.2, 0.25) is 0 Å². The maximum atomic E-state index is 4.13. The first-order valence-electron chi connectivity index (χ1n) is 8.01. The third-order valence-corrected chi connectivity index (χ3v) is 8.04. The Kier molecular flexibility index (Phi) is 6.82. The first-order chi connectivity index (χ1) is 9.78. The lowest BCUT2D eigenvalue weighted by molar-refractivity contribution is 0.534. The topological polar surface area (TPSA) is 17.8 Å². The van der Waals surface area contributed by atoms with Crippen LogP contribution in [0, 0.1) is 5.92 Å². The van der Waals surface area contributed by atoms with Gasteiger partial charge in [0.25, 0.3) is 0 Å². The van der Waals surface area contributed by atoms with Gasteiger partial charge in [0, 0.05) is 18.9 Å². The number of hydrogen-bond acceptors (Lipinski definition) is 3. The van der Waals surface area contributed by atoms with E-state index < -0.39 is 0 Å². The summed E-state index contributed by atoms with van der Waals surface area (Å²) < 4.78 is 2.71. The summed E-state index contributed by atoms with van der Waals surface area (Å²) in [7, 11) is 0. The van der Waals surface area contributed by atoms with E-state index in [9.17, 15) is 0 Å². The Morgan fingerprint density at radius 3 is 2.55 bits per heavy atom. The Hall–Kier alpha value is -0.0900. The molecule has 0 bridgehead atoms. The minimum Gasteiger partial charge on any atom is -0.337 e. The molecule has 114 valence electrons. The van der Waals surface area contributed by atoms with Gasteiger partial charge < -0.3 is 4.57 Å². The fourth-order valence-corrected chi connectivity index (χ4v) is 6.51. The zero-order valence-corrected chi connectivity index (χ0v) is 14.5. The van der Waals surface area contributed by atoms with Crippen LogP contribution in [0.3, 0.4) is 0 Å². The van der Waals surface area contributed by atoms with Crippen LogP contribution in [0.1, 0.15) is 52.4 Å². The van der Waals surface area contributed by atoms with Crippen molar-refractivity contribution in [3.8, 4) is 0 Å². The molecule has 2 nitrogen and oxygen atoms in total. The largest absolute Gasteiger partial charge is 0.337 e. The van der Waals surface area contributed by atoms with Crippen LogP contribution < -0.4 is 0 Å². The van der Waals surface area contributed by atoms with Crippen molar-refractivity contribution in [3.63, 3.8) is 0 Å². The van der Waals surface area contributed by atoms with E-state index >= 15 is 0 Å². The molecule has 1 aromatic heterocycles. The van der Waals surface area contributed by atoms with Crippen LogP contribution in [-0.4, -0.2) is 25.1 Å². The minimum atomic E-state index is 0.502. The molecule has 1 aromatic rings. The molecule has 0 aromatic carbocycles. The van der Waals surface area contributed by atoms with Crippen molar-refractivity contribution in [2.24, 2.45) is 5.92 Å². The Morgan fingerprint density at radius 2 is 1.95 bits per heavy atom. The van der Waals surface area contributed by atoms with Gasteiger partial charge in [0.05, 0.1) is 10.4 Å². The molecule has 0 aliphatic carbocycles. The summed E-state index contributed by atoms with van der Waals surface area (Å²) in [5.41, 5.74) is 0. The predicted molar refractivity (Wildman–Crippen MR) is 92.4 cm³/mol. The van der Waals surface area contributed by atoms with Gasteiger partial charge in [-0.2, -0.15) is 0 Å². The summed E-state index contributed by atoms with van der Waals surface area (Å²) in [6, 6.07) is 0. The molecule has 0 spiro atoms. The molecule has 0 amide bonds. The van der Waals surface area contributed by atoms with Crippen LogP contribution in [-0.2, 0) is 6.54 Å². The van der Waals surface area contributed by atoms with Gasteiger partial charge in [-0.1, -0.05) is 33.1 Å². The highest BCUT2D eigenvalue weighted by Crippen LogP contribution is 2.50. The molecule has 0 radical (unpaired) electrons. The summed E-state index contributed by atoms with van der Waals surface area (Å²) in [4.78, 5) is 4.13. The van der Waals surface area contributed by atoms with Gasteiger partial charge in [-0.05, 0) is 36.7 Å². The molecule has 0 N–H and O–H groups in total. The molecule has 0 unspecified atom stereocenters. The highest BCUT2D eigenvalue weighted by Gasteiger charge is 2.35. The monoisotopic (exact) mass is 312 g/mol. The van der Waals surface area contributed by atoms with E-state index in [1.165, 1.54) is 50.0 Å². The molecule has 0 atom stereocenters. The van der Waals surface area contributed by atoms with Crippen molar-refractivity contribution in [2.75, 3.05) is 11.5 Å². The summed E-state index contributed by atoms with van der Waals surface area (Å²) >= 11 is 4.52. The van der Waals surface area contributed by atoms with Crippen LogP contribution in [0.5, 0.6) is 0 Å². The molecule has 2 rings (SSSR count). The number of imidazole rings is 1. The van der Waals surface area contributed by atoms with Gasteiger partial charge in [0.2, 0.25) is 0 Å². The fraction of sp³-hybridized carbons (Fsp3) is 0.812. The van der Waals surface area contributed by atoms with Gasteiger partial charge in [0.1, 0.15) is 0 Å². The summed E-state index contributed by atoms with van der Waals surface area (Å²) in [5.74, 6) is 3.68. The molecule has 20 heavy (non-hydrogen) atoms. The second-order valence-corrected chi connectivity index (χ2v) is 8.88. The third-order valence-electron chi connectivity index (χ3n) is 4.19. The van der Waals surface area contributed by atoms with Crippen LogP contribution in [0.15, 0.2) is 18.7 Å². The fourth-order valence-electron chi connectivity index (χ4n) is 2.67. The zero-order chi connectivity index (χ0) is 14.3. The van der Waals surface area contributed by atoms with Gasteiger partial charge in [-0.25, -0.2) is 4.98 Å². The van der Waals surface area contributed by atoms with Gasteiger partial charge >= 0.3 is 0 Å². The van der Waals surface area contributed by atoms with E-state index in [-0.39, 0.29) is 0 Å². The Labute approximate surface area is 132 Å². The van der Waals surface area contributed by atoms with Crippen molar-refractivity contribution in [3.05, 3.63) is 18.7 Å². The Bertz CT molecular complexity index is 357. The average molecular weight is 313 g/mol. The van der Waals surface area contributed by atoms with Crippen molar-refractivity contribution < 1.29 is 0 Å². The SMILES string of the molecule is CCCCC1(CCCn2ccnc2)SCC(CC)CS1. The Morgan fingerprint density at radius 1 is 1.20 bits per heavy atom. The second-order valence-electron chi connectivity index (χ2n) is 5.81. The maximum Gasteiger partial charge on any atom is 0.0945 e. The molecule has 4 heteroatoms. The van der Waals surface area contributed by atoms with Crippen molar-refractivity contribution in [2.45, 2.75) is 63.0 Å². The number of thioether (sulfide) groups is 2. The number of unbranched alkanes of at least 4 members (excludes halogenated alkanes) is 1. The first-order valence-corrected chi connectivity index (χ1v) is 9.99. The van der Waals surface area contributed by atoms with Crippen LogP contribution in [0.4, 0.5) is 0 Å². The van der Waals surface area contributed by atoms with E-state index in [0.29, 0.717) is 4.08 Å². The quantitative estimate of drug-likeness (QED) is 0.668. The normalized spacial score (nSPS) is 26.8. The summed E-state index contributed by atoms with van der Waals surface area (Å²) in [5, 5.41) is 0. The third kappa shape index (κ3) is 4.73. The van der Waals surface area contributed by atoms with E-state index in [1.807, 2.05) is 12.5 Å². The summed E-state index contributed by atoms with van der Waals surface area (Å²) in [6.07, 6.45) is 13.9. The highest BCUT2D eigenvalue weighted by molar-refractivity contribution is 8.18. The number of aromatic nitrogens is 2. The lowest BCUT2D eigenvalue weighted by atomic mass is 10.1. The van der Waals surface area contributed by atoms with Gasteiger partial charge in [-0.15, -0.1) is 23.5 Å². The molecule has 1 aliphatic heterocycles. The van der Waals surface area contributed by atoms with Crippen LogP contribution in [0.25, 0.3) is 0 Å². The van der Waals surface area contributed by atoms with Crippen molar-refractivity contribution >= 4 is 23.5 Å². The van der Waals surface area contributed by atoms with Crippen LogP contribution >= 0.6 is 23.5 Å². The standard InChI is InChI=1S/C16H28N2S2/c1-3-5-7-16(19-12-15(4-2)13-20-16)8-6-10-18-11-9-17-14-18/h9,11,14-15H,3-8,10,12-13H2,1-2H3. The van der Waals surface area contributed by atoms with Gasteiger partial charge in [0.15, 0.2) is 0 Å². The highest BCUT2D eigenvalue weighted by atomic mass is 32.2. The number of rotatable bonds is 8. The predicted octanol–water partition coefficient (Wildman–Crippen LogP) is 5.06. The van der Waals surface area contributed by atoms with E-state index in [2.05, 4.69) is 53.1 Å². The van der Waals surface area contributed by atoms with Crippen molar-refractivity contribution in [1.29, 1.82) is 0 Å². The maximum absolute atomic E-state index is 4.13. The summed E-state index contributed by atoms with van der Waals surface area (Å²) in [6.45, 7) is 5.77. The molecular weight excluding hydrogens is 284 g/mol. The second kappa shape index (κ2) is 8.38. The number of nitrogens with zero attached hydrogens (tertiary/aromatic N) is 2. The molecule has 2 heterocycles. The number of aryl methyl sites for hydroxylation is 1. The van der Waals surface area contributed by atoms with E-state index in [1.54, 1.807) is 0 Å². The molecule has 1 saturated heterocycles. The average Bonchev–Trinajstić information content (AvgIpc) is 2.99. The molecular formula is C16H28N2S2. The first kappa shape index (κ1) is 16.3. The molecule has 1 fully saturated rings. The smallest absolute Gasteiger partial charge is 0.0945 e. The van der Waals surface area contributed by atoms with Gasteiger partial charge in [-0.3, -0.25) is 0 Å². The minimum absolute atomic E-state index is 0.502. The van der Waals surface area contributed by atoms with Crippen molar-refractivity contribution in [1.82, 2.24) is 9.55 Å². The lowest BCUT2D eigenvalue weighted by Crippen LogP contribution is -2.29. The Balaban J connectivity index is 1.83. The lowest BCUT2D eigenvalue weighted by Gasteiger charge is -2.39.